The van der Waals surface area contributed by atoms with E-state index in [0.717, 1.165) is 5.56 Å². The van der Waals surface area contributed by atoms with Crippen molar-refractivity contribution < 1.29 is 13.2 Å². The van der Waals surface area contributed by atoms with Gasteiger partial charge in [0.15, 0.2) is 15.6 Å². The molecule has 136 valence electrons. The molecule has 0 bridgehead atoms. The first-order chi connectivity index (χ1) is 13.1. The highest BCUT2D eigenvalue weighted by Crippen LogP contribution is 2.23. The van der Waals surface area contributed by atoms with Crippen molar-refractivity contribution in [2.75, 3.05) is 0 Å². The average Bonchev–Trinajstić information content (AvgIpc) is 2.73. The number of hydrogen-bond donors (Lipinski definition) is 0. The Hall–Kier alpha value is -2.98. The van der Waals surface area contributed by atoms with E-state index in [9.17, 15) is 13.2 Å². The maximum Gasteiger partial charge on any atom is 0.189 e. The molecule has 3 rings (SSSR count). The Bertz CT molecular complexity index is 1010. The number of benzene rings is 3. The van der Waals surface area contributed by atoms with Gasteiger partial charge in [0, 0.05) is 5.56 Å². The molecular formula is C23H20O3S. The van der Waals surface area contributed by atoms with Gasteiger partial charge in [-0.2, -0.15) is 0 Å². The fourth-order valence-electron chi connectivity index (χ4n) is 2.83. The number of rotatable bonds is 7. The first kappa shape index (κ1) is 18.8. The highest BCUT2D eigenvalue weighted by atomic mass is 32.2. The van der Waals surface area contributed by atoms with Gasteiger partial charge in [-0.3, -0.25) is 4.79 Å². The van der Waals surface area contributed by atoms with Crippen LogP contribution in [0.2, 0.25) is 0 Å². The molecule has 4 heteroatoms. The second-order valence-corrected chi connectivity index (χ2v) is 8.26. The second-order valence-electron chi connectivity index (χ2n) is 6.13. The van der Waals surface area contributed by atoms with Gasteiger partial charge in [0.1, 0.15) is 5.25 Å². The number of sulfone groups is 1. The zero-order chi connectivity index (χ0) is 19.1. The molecule has 1 unspecified atom stereocenters. The van der Waals surface area contributed by atoms with Gasteiger partial charge >= 0.3 is 0 Å². The molecule has 0 spiro atoms. The van der Waals surface area contributed by atoms with E-state index in [-0.39, 0.29) is 11.3 Å². The third-order valence-corrected chi connectivity index (χ3v) is 6.34. The van der Waals surface area contributed by atoms with Gasteiger partial charge in [0.05, 0.1) is 4.90 Å². The summed E-state index contributed by atoms with van der Waals surface area (Å²) in [7, 11) is -3.80. The smallest absolute Gasteiger partial charge is 0.189 e. The van der Waals surface area contributed by atoms with Gasteiger partial charge in [-0.05, 0) is 24.1 Å². The summed E-state index contributed by atoms with van der Waals surface area (Å²) in [6, 6.07) is 26.3. The molecule has 1 atom stereocenters. The summed E-state index contributed by atoms with van der Waals surface area (Å²) in [5, 5.41) is -1.16. The van der Waals surface area contributed by atoms with Crippen molar-refractivity contribution in [2.24, 2.45) is 0 Å². The van der Waals surface area contributed by atoms with Crippen LogP contribution in [0, 0.1) is 0 Å². The van der Waals surface area contributed by atoms with Crippen LogP contribution in [0.5, 0.6) is 0 Å². The highest BCUT2D eigenvalue weighted by molar-refractivity contribution is 7.92. The number of carbonyl (C=O) groups excluding carboxylic acids is 1. The van der Waals surface area contributed by atoms with E-state index in [1.54, 1.807) is 54.6 Å². The summed E-state index contributed by atoms with van der Waals surface area (Å²) in [5.74, 6) is -0.392. The Balaban J connectivity index is 1.94. The summed E-state index contributed by atoms with van der Waals surface area (Å²) in [5.41, 5.74) is 1.36. The van der Waals surface area contributed by atoms with Crippen LogP contribution in [-0.4, -0.2) is 19.5 Å². The van der Waals surface area contributed by atoms with E-state index < -0.39 is 20.9 Å². The summed E-state index contributed by atoms with van der Waals surface area (Å²) >= 11 is 0. The molecule has 0 N–H and O–H groups in total. The quantitative estimate of drug-likeness (QED) is 0.556. The minimum Gasteiger partial charge on any atom is -0.293 e. The van der Waals surface area contributed by atoms with Gasteiger partial charge < -0.3 is 0 Å². The van der Waals surface area contributed by atoms with Crippen LogP contribution in [0.4, 0.5) is 0 Å². The number of carbonyl (C=O) groups is 1. The minimum absolute atomic E-state index is 0.111. The third kappa shape index (κ3) is 4.60. The second kappa shape index (κ2) is 8.60. The van der Waals surface area contributed by atoms with Crippen molar-refractivity contribution in [3.63, 3.8) is 0 Å². The lowest BCUT2D eigenvalue weighted by molar-refractivity contribution is 0.0987. The van der Waals surface area contributed by atoms with Gasteiger partial charge in [-0.15, -0.1) is 0 Å². The molecule has 0 aromatic heterocycles. The summed E-state index contributed by atoms with van der Waals surface area (Å²) < 4.78 is 26.3. The van der Waals surface area contributed by atoms with E-state index >= 15 is 0 Å². The molecule has 27 heavy (non-hydrogen) atoms. The van der Waals surface area contributed by atoms with Crippen LogP contribution >= 0.6 is 0 Å². The maximum absolute atomic E-state index is 13.1. The topological polar surface area (TPSA) is 51.2 Å². The highest BCUT2D eigenvalue weighted by Gasteiger charge is 2.33. The Morgan fingerprint density at radius 3 is 1.89 bits per heavy atom. The van der Waals surface area contributed by atoms with E-state index in [0.29, 0.717) is 5.56 Å². The predicted molar refractivity (Wildman–Crippen MR) is 108 cm³/mol. The number of ketones is 1. The monoisotopic (exact) mass is 376 g/mol. The fraction of sp³-hybridized carbons (Fsp3) is 0.0870. The summed E-state index contributed by atoms with van der Waals surface area (Å²) in [6.07, 6.45) is 3.70. The molecule has 0 aliphatic rings. The molecule has 0 aliphatic heterocycles. The van der Waals surface area contributed by atoms with E-state index in [1.165, 1.54) is 12.1 Å². The Kier molecular flexibility index (Phi) is 5.99. The maximum atomic E-state index is 13.1. The minimum atomic E-state index is -3.80. The Morgan fingerprint density at radius 1 is 0.778 bits per heavy atom. The van der Waals surface area contributed by atoms with E-state index in [2.05, 4.69) is 0 Å². The molecule has 0 aliphatic carbocycles. The average molecular weight is 376 g/mol. The lowest BCUT2D eigenvalue weighted by Crippen LogP contribution is -2.30. The van der Waals surface area contributed by atoms with Gasteiger partial charge in [0.2, 0.25) is 0 Å². The van der Waals surface area contributed by atoms with Crippen LogP contribution in [0.25, 0.3) is 6.08 Å². The number of hydrogen-bond acceptors (Lipinski definition) is 3. The van der Waals surface area contributed by atoms with Crippen molar-refractivity contribution in [3.8, 4) is 0 Å². The number of Topliss-reactive ketones (excluding diaryl/α,β-unsaturated/α-hetero) is 1. The van der Waals surface area contributed by atoms with Crippen molar-refractivity contribution in [1.82, 2.24) is 0 Å². The first-order valence-corrected chi connectivity index (χ1v) is 10.2. The van der Waals surface area contributed by atoms with Gasteiger partial charge in [-0.1, -0.05) is 91.0 Å². The third-order valence-electron chi connectivity index (χ3n) is 4.26. The zero-order valence-corrected chi connectivity index (χ0v) is 15.5. The largest absolute Gasteiger partial charge is 0.293 e. The van der Waals surface area contributed by atoms with Crippen LogP contribution in [0.3, 0.4) is 0 Å². The molecule has 0 fully saturated rings. The zero-order valence-electron chi connectivity index (χ0n) is 14.7. The number of allylic oxidation sites excluding steroid dienone is 1. The molecule has 0 heterocycles. The molecule has 0 saturated heterocycles. The SMILES string of the molecule is O=C(c1ccccc1)C(C/C=C/c1ccccc1)S(=O)(=O)c1ccccc1. The molecule has 3 aromatic rings. The van der Waals surface area contributed by atoms with Crippen molar-refractivity contribution in [1.29, 1.82) is 0 Å². The molecule has 0 saturated carbocycles. The van der Waals surface area contributed by atoms with Gasteiger partial charge in [-0.25, -0.2) is 8.42 Å². The molecule has 3 nitrogen and oxygen atoms in total. The van der Waals surface area contributed by atoms with Crippen LogP contribution in [-0.2, 0) is 9.84 Å². The van der Waals surface area contributed by atoms with Crippen molar-refractivity contribution in [3.05, 3.63) is 108 Å². The Labute approximate surface area is 159 Å². The lowest BCUT2D eigenvalue weighted by Gasteiger charge is -2.15. The van der Waals surface area contributed by atoms with E-state index in [1.807, 2.05) is 36.4 Å². The lowest BCUT2D eigenvalue weighted by atomic mass is 10.1. The van der Waals surface area contributed by atoms with E-state index in [4.69, 9.17) is 0 Å². The summed E-state index contributed by atoms with van der Waals surface area (Å²) in [4.78, 5) is 13.2. The normalized spacial score (nSPS) is 12.7. The molecule has 0 amide bonds. The van der Waals surface area contributed by atoms with Crippen molar-refractivity contribution in [2.45, 2.75) is 16.6 Å². The van der Waals surface area contributed by atoms with Crippen LogP contribution in [0.1, 0.15) is 22.3 Å². The summed E-state index contributed by atoms with van der Waals surface area (Å²) in [6.45, 7) is 0. The van der Waals surface area contributed by atoms with Crippen molar-refractivity contribution >= 4 is 21.7 Å². The van der Waals surface area contributed by atoms with Crippen LogP contribution in [0.15, 0.2) is 102 Å². The predicted octanol–water partition coefficient (Wildman–Crippen LogP) is 4.82. The molecule has 0 radical (unpaired) electrons. The molecular weight excluding hydrogens is 356 g/mol. The Morgan fingerprint density at radius 2 is 1.30 bits per heavy atom. The van der Waals surface area contributed by atoms with Crippen LogP contribution < -0.4 is 0 Å². The standard InChI is InChI=1S/C23H20O3S/c24-23(20-14-6-2-7-15-20)22(18-10-13-19-11-4-1-5-12-19)27(25,26)21-16-8-3-9-17-21/h1-17,22H,18H2/b13-10+. The fourth-order valence-corrected chi connectivity index (χ4v) is 4.48. The molecule has 3 aromatic carbocycles. The first-order valence-electron chi connectivity index (χ1n) is 8.69. The van der Waals surface area contributed by atoms with Gasteiger partial charge in [0.25, 0.3) is 0 Å².